The van der Waals surface area contributed by atoms with Crippen molar-refractivity contribution in [1.29, 1.82) is 0 Å². The fourth-order valence-electron chi connectivity index (χ4n) is 1.85. The number of allylic oxidation sites excluding steroid dienone is 9. The summed E-state index contributed by atoms with van der Waals surface area (Å²) in [7, 11) is 0. The first-order chi connectivity index (χ1) is 10.8. The van der Waals surface area contributed by atoms with Crippen LogP contribution in [0.5, 0.6) is 0 Å². The fourth-order valence-corrected chi connectivity index (χ4v) is 1.85. The highest BCUT2D eigenvalue weighted by molar-refractivity contribution is 5.88. The van der Waals surface area contributed by atoms with Crippen molar-refractivity contribution in [2.45, 2.75) is 32.4 Å². The lowest BCUT2D eigenvalue weighted by molar-refractivity contribution is -0.139. The maximum atomic E-state index is 11.8. The van der Waals surface area contributed by atoms with Crippen LogP contribution in [0.25, 0.3) is 0 Å². The third-order valence-electron chi connectivity index (χ3n) is 2.83. The van der Waals surface area contributed by atoms with Crippen LogP contribution in [0.2, 0.25) is 0 Å². The summed E-state index contributed by atoms with van der Waals surface area (Å²) >= 11 is 0. The lowest BCUT2D eigenvalue weighted by Gasteiger charge is -2.25. The zero-order chi connectivity index (χ0) is 17.3. The molecule has 1 rings (SSSR count). The van der Waals surface area contributed by atoms with Crippen LogP contribution in [0, 0.1) is 0 Å². The molecule has 1 unspecified atom stereocenters. The molecule has 0 aromatic carbocycles. The summed E-state index contributed by atoms with van der Waals surface area (Å²) in [6.45, 7) is 5.65. The molecule has 1 aliphatic carbocycles. The first-order valence-corrected chi connectivity index (χ1v) is 7.46. The van der Waals surface area contributed by atoms with Crippen LogP contribution in [-0.4, -0.2) is 35.1 Å². The number of nitrogens with one attached hydrogen (secondary N) is 2. The molecule has 5 nitrogen and oxygen atoms in total. The molecule has 1 amide bonds. The van der Waals surface area contributed by atoms with Crippen LogP contribution >= 0.6 is 0 Å². The Morgan fingerprint density at radius 2 is 1.83 bits per heavy atom. The Morgan fingerprint density at radius 3 is 2.48 bits per heavy atom. The fraction of sp³-hybridized carbons (Fsp3) is 0.333. The molecule has 0 saturated heterocycles. The number of amides is 1. The third kappa shape index (κ3) is 8.58. The van der Waals surface area contributed by atoms with Gasteiger partial charge in [-0.05, 0) is 32.4 Å². The van der Waals surface area contributed by atoms with E-state index in [9.17, 15) is 14.7 Å². The van der Waals surface area contributed by atoms with Crippen LogP contribution in [0.1, 0.15) is 20.8 Å². The molecule has 0 aromatic heterocycles. The Kier molecular flexibility index (Phi) is 7.22. The van der Waals surface area contributed by atoms with E-state index in [1.54, 1.807) is 6.08 Å². The number of carbonyl (C=O) groups excluding carboxylic acids is 1. The zero-order valence-corrected chi connectivity index (χ0v) is 13.7. The maximum Gasteiger partial charge on any atom is 0.322 e. The van der Waals surface area contributed by atoms with Gasteiger partial charge in [-0.1, -0.05) is 42.5 Å². The molecule has 0 spiro atoms. The number of carboxylic acids is 1. The third-order valence-corrected chi connectivity index (χ3v) is 2.83. The van der Waals surface area contributed by atoms with Crippen molar-refractivity contribution in [2.75, 3.05) is 6.54 Å². The maximum absolute atomic E-state index is 11.8. The van der Waals surface area contributed by atoms with Crippen LogP contribution in [0.15, 0.2) is 60.3 Å². The average Bonchev–Trinajstić information content (AvgIpc) is 2.40. The van der Waals surface area contributed by atoms with Gasteiger partial charge in [-0.2, -0.15) is 0 Å². The minimum Gasteiger partial charge on any atom is -0.480 e. The van der Waals surface area contributed by atoms with Gasteiger partial charge in [-0.3, -0.25) is 14.9 Å². The highest BCUT2D eigenvalue weighted by atomic mass is 16.4. The number of hydrogen-bond acceptors (Lipinski definition) is 3. The van der Waals surface area contributed by atoms with Crippen LogP contribution in [0.4, 0.5) is 0 Å². The monoisotopic (exact) mass is 316 g/mol. The number of aliphatic carboxylic acids is 1. The van der Waals surface area contributed by atoms with E-state index >= 15 is 0 Å². The molecular formula is C18H24N2O3. The number of carbonyl (C=O) groups is 2. The van der Waals surface area contributed by atoms with Gasteiger partial charge in [0, 0.05) is 18.2 Å². The molecule has 0 aromatic rings. The van der Waals surface area contributed by atoms with E-state index in [0.717, 1.165) is 5.57 Å². The van der Waals surface area contributed by atoms with E-state index < -0.39 is 12.0 Å². The summed E-state index contributed by atoms with van der Waals surface area (Å²) in [6, 6.07) is -0.832. The summed E-state index contributed by atoms with van der Waals surface area (Å²) in [5, 5.41) is 14.7. The van der Waals surface area contributed by atoms with Crippen LogP contribution in [-0.2, 0) is 9.59 Å². The summed E-state index contributed by atoms with van der Waals surface area (Å²) in [5.41, 5.74) is 0.529. The molecule has 1 aliphatic rings. The van der Waals surface area contributed by atoms with Crippen molar-refractivity contribution < 1.29 is 14.7 Å². The van der Waals surface area contributed by atoms with E-state index in [1.165, 1.54) is 6.08 Å². The van der Waals surface area contributed by atoms with Crippen molar-refractivity contribution in [3.05, 3.63) is 60.3 Å². The van der Waals surface area contributed by atoms with E-state index in [2.05, 4.69) is 10.6 Å². The van der Waals surface area contributed by atoms with Gasteiger partial charge in [0.15, 0.2) is 0 Å². The van der Waals surface area contributed by atoms with Crippen molar-refractivity contribution in [3.63, 3.8) is 0 Å². The summed E-state index contributed by atoms with van der Waals surface area (Å²) in [4.78, 5) is 23.0. The number of hydrogen-bond donors (Lipinski definition) is 3. The molecule has 1 atom stereocenters. The van der Waals surface area contributed by atoms with Gasteiger partial charge in [-0.25, -0.2) is 0 Å². The second-order valence-corrected chi connectivity index (χ2v) is 6.16. The molecule has 0 saturated carbocycles. The highest BCUT2D eigenvalue weighted by Crippen LogP contribution is 2.03. The summed E-state index contributed by atoms with van der Waals surface area (Å²) < 4.78 is 0. The molecule has 5 heteroatoms. The molecule has 3 N–H and O–H groups in total. The molecule has 0 bridgehead atoms. The van der Waals surface area contributed by atoms with Crippen LogP contribution in [0.3, 0.4) is 0 Å². The van der Waals surface area contributed by atoms with Crippen molar-refractivity contribution in [2.24, 2.45) is 0 Å². The molecule has 0 aliphatic heterocycles. The average molecular weight is 316 g/mol. The molecule has 0 radical (unpaired) electrons. The normalized spacial score (nSPS) is 22.3. The lowest BCUT2D eigenvalue weighted by Crippen LogP contribution is -2.52. The molecule has 23 heavy (non-hydrogen) atoms. The van der Waals surface area contributed by atoms with Gasteiger partial charge < -0.3 is 10.4 Å². The van der Waals surface area contributed by atoms with Crippen molar-refractivity contribution in [3.8, 4) is 0 Å². The predicted octanol–water partition coefficient (Wildman–Crippen LogP) is 2.11. The number of carboxylic acid groups (broad SMARTS) is 1. The minimum absolute atomic E-state index is 0.0211. The summed E-state index contributed by atoms with van der Waals surface area (Å²) in [6.07, 6.45) is 16.3. The SMILES string of the molecule is CC(C)(C)NC(CNC(=O)/C=C/C1=C/C=C\C=C\C=C\1)C(=O)O. The predicted molar refractivity (Wildman–Crippen MR) is 92.0 cm³/mol. The molecule has 0 fully saturated rings. The van der Waals surface area contributed by atoms with Gasteiger partial charge in [0.25, 0.3) is 0 Å². The Hall–Kier alpha value is -2.40. The Labute approximate surface area is 137 Å². The highest BCUT2D eigenvalue weighted by Gasteiger charge is 2.23. The Balaban J connectivity index is 2.55. The Bertz CT molecular complexity index is 576. The molecule has 0 heterocycles. The van der Waals surface area contributed by atoms with Gasteiger partial charge >= 0.3 is 5.97 Å². The standard InChI is InChI=1S/C18H24N2O3/c1-18(2,3)20-15(17(22)23)13-19-16(21)12-11-14-9-7-5-4-6-8-10-14/h4-12,15,20H,13H2,1-3H3,(H,19,21)(H,22,23)/b5-4+,6-4?,7-5?,8-6-,9-7+,10-8?,12-11+,14-9?,14-10+. The second-order valence-electron chi connectivity index (χ2n) is 6.16. The van der Waals surface area contributed by atoms with Crippen LogP contribution < -0.4 is 10.6 Å². The topological polar surface area (TPSA) is 78.4 Å². The molecular weight excluding hydrogens is 292 g/mol. The quantitative estimate of drug-likeness (QED) is 0.656. The van der Waals surface area contributed by atoms with Crippen molar-refractivity contribution >= 4 is 11.9 Å². The summed E-state index contributed by atoms with van der Waals surface area (Å²) in [5.74, 6) is -1.32. The van der Waals surface area contributed by atoms with E-state index in [4.69, 9.17) is 0 Å². The van der Waals surface area contributed by atoms with Gasteiger partial charge in [-0.15, -0.1) is 0 Å². The first-order valence-electron chi connectivity index (χ1n) is 7.46. The Morgan fingerprint density at radius 1 is 1.17 bits per heavy atom. The van der Waals surface area contributed by atoms with E-state index in [0.29, 0.717) is 0 Å². The minimum atomic E-state index is -0.994. The molecule has 124 valence electrons. The smallest absolute Gasteiger partial charge is 0.322 e. The van der Waals surface area contributed by atoms with Gasteiger partial charge in [0.2, 0.25) is 5.91 Å². The van der Waals surface area contributed by atoms with Gasteiger partial charge in [0.1, 0.15) is 6.04 Å². The van der Waals surface area contributed by atoms with E-state index in [1.807, 2.05) is 63.3 Å². The number of rotatable bonds is 6. The van der Waals surface area contributed by atoms with Gasteiger partial charge in [0.05, 0.1) is 0 Å². The van der Waals surface area contributed by atoms with Crippen molar-refractivity contribution in [1.82, 2.24) is 10.6 Å². The zero-order valence-electron chi connectivity index (χ0n) is 13.7. The first kappa shape index (κ1) is 18.6. The lowest BCUT2D eigenvalue weighted by atomic mass is 10.1. The largest absolute Gasteiger partial charge is 0.480 e. The van der Waals surface area contributed by atoms with E-state index in [-0.39, 0.29) is 18.0 Å². The second kappa shape index (κ2) is 8.90.